The van der Waals surface area contributed by atoms with Crippen LogP contribution < -0.4 is 5.32 Å². The minimum absolute atomic E-state index is 0.0679. The van der Waals surface area contributed by atoms with E-state index in [4.69, 9.17) is 0 Å². The largest absolute Gasteiger partial charge is 0.302 e. The molecule has 0 radical (unpaired) electrons. The Bertz CT molecular complexity index is 345. The lowest BCUT2D eigenvalue weighted by molar-refractivity contribution is -0.116. The van der Waals surface area contributed by atoms with Gasteiger partial charge in [0.1, 0.15) is 0 Å². The molecule has 0 unspecified atom stereocenters. The van der Waals surface area contributed by atoms with E-state index in [1.807, 2.05) is 6.20 Å². The molecule has 1 amide bonds. The fraction of sp³-hybridized carbons (Fsp3) is 0.667. The van der Waals surface area contributed by atoms with E-state index >= 15 is 0 Å². The maximum atomic E-state index is 11.6. The molecule has 90 valence electrons. The lowest BCUT2D eigenvalue weighted by Gasteiger charge is -2.03. The van der Waals surface area contributed by atoms with Gasteiger partial charge in [-0.3, -0.25) is 4.79 Å². The van der Waals surface area contributed by atoms with Crippen molar-refractivity contribution in [2.24, 2.45) is 5.92 Å². The maximum Gasteiger partial charge on any atom is 0.226 e. The fourth-order valence-electron chi connectivity index (χ4n) is 1.21. The summed E-state index contributed by atoms with van der Waals surface area (Å²) in [4.78, 5) is 17.0. The van der Waals surface area contributed by atoms with Crippen LogP contribution >= 0.6 is 11.3 Å². The van der Waals surface area contributed by atoms with Crippen molar-refractivity contribution in [3.05, 3.63) is 11.1 Å². The van der Waals surface area contributed by atoms with Gasteiger partial charge in [-0.15, -0.1) is 11.3 Å². The summed E-state index contributed by atoms with van der Waals surface area (Å²) in [6, 6.07) is 0. The van der Waals surface area contributed by atoms with E-state index in [1.165, 1.54) is 4.88 Å². The Hall–Kier alpha value is -0.900. The third-order valence-electron chi connectivity index (χ3n) is 2.29. The molecule has 0 aliphatic heterocycles. The zero-order valence-electron chi connectivity index (χ0n) is 10.4. The van der Waals surface area contributed by atoms with Crippen molar-refractivity contribution in [1.29, 1.82) is 0 Å². The van der Waals surface area contributed by atoms with Crippen LogP contribution in [0.1, 0.15) is 51.3 Å². The van der Waals surface area contributed by atoms with E-state index in [0.717, 1.165) is 11.6 Å². The summed E-state index contributed by atoms with van der Waals surface area (Å²) >= 11 is 1.56. The van der Waals surface area contributed by atoms with Crippen molar-refractivity contribution < 1.29 is 4.79 Å². The van der Waals surface area contributed by atoms with Crippen LogP contribution in [0.3, 0.4) is 0 Å². The predicted molar refractivity (Wildman–Crippen MR) is 68.9 cm³/mol. The van der Waals surface area contributed by atoms with Crippen LogP contribution in [-0.2, 0) is 4.79 Å². The Morgan fingerprint density at radius 2 is 2.12 bits per heavy atom. The second kappa shape index (κ2) is 5.99. The van der Waals surface area contributed by atoms with Gasteiger partial charge in [-0.05, 0) is 18.3 Å². The number of nitrogens with one attached hydrogen (secondary N) is 1. The second-order valence-electron chi connectivity index (χ2n) is 4.70. The highest BCUT2D eigenvalue weighted by Gasteiger charge is 2.09. The number of hydrogen-bond donors (Lipinski definition) is 1. The first-order chi connectivity index (χ1) is 7.49. The number of thiazole rings is 1. The molecule has 1 rings (SSSR count). The minimum atomic E-state index is 0.0679. The van der Waals surface area contributed by atoms with Gasteiger partial charge in [0, 0.05) is 17.5 Å². The molecule has 0 aliphatic carbocycles. The maximum absolute atomic E-state index is 11.6. The van der Waals surface area contributed by atoms with Crippen molar-refractivity contribution in [1.82, 2.24) is 4.98 Å². The number of rotatable bonds is 5. The Morgan fingerprint density at radius 1 is 1.44 bits per heavy atom. The normalized spacial score (nSPS) is 11.1. The van der Waals surface area contributed by atoms with Gasteiger partial charge in [0.25, 0.3) is 0 Å². The molecule has 0 aromatic carbocycles. The van der Waals surface area contributed by atoms with E-state index < -0.39 is 0 Å². The summed E-state index contributed by atoms with van der Waals surface area (Å²) < 4.78 is 0. The predicted octanol–water partition coefficient (Wildman–Crippen LogP) is 3.64. The second-order valence-corrected chi connectivity index (χ2v) is 5.77. The number of anilines is 1. The highest BCUT2D eigenvalue weighted by Crippen LogP contribution is 2.25. The van der Waals surface area contributed by atoms with Gasteiger partial charge >= 0.3 is 0 Å². The Morgan fingerprint density at radius 3 is 2.62 bits per heavy atom. The third-order valence-corrected chi connectivity index (χ3v) is 3.50. The van der Waals surface area contributed by atoms with Crippen molar-refractivity contribution in [3.63, 3.8) is 0 Å². The zero-order valence-corrected chi connectivity index (χ0v) is 11.2. The molecule has 1 aromatic heterocycles. The number of carbonyl (C=O) groups is 1. The summed E-state index contributed by atoms with van der Waals surface area (Å²) in [5.41, 5.74) is 0. The molecule has 0 fully saturated rings. The van der Waals surface area contributed by atoms with Gasteiger partial charge in [0.05, 0.1) is 0 Å². The highest BCUT2D eigenvalue weighted by atomic mass is 32.1. The number of carbonyl (C=O) groups excluding carboxylic acids is 1. The van der Waals surface area contributed by atoms with Gasteiger partial charge in [0.2, 0.25) is 5.91 Å². The van der Waals surface area contributed by atoms with E-state index in [0.29, 0.717) is 18.3 Å². The summed E-state index contributed by atoms with van der Waals surface area (Å²) in [5.74, 6) is 1.10. The zero-order chi connectivity index (χ0) is 12.1. The summed E-state index contributed by atoms with van der Waals surface area (Å²) in [5, 5.41) is 3.56. The molecular formula is C12H20N2OS. The first kappa shape index (κ1) is 13.2. The molecule has 0 saturated carbocycles. The molecule has 0 atom stereocenters. The van der Waals surface area contributed by atoms with Gasteiger partial charge in [-0.2, -0.15) is 0 Å². The van der Waals surface area contributed by atoms with Crippen LogP contribution in [0.2, 0.25) is 0 Å². The number of amides is 1. The molecule has 3 nitrogen and oxygen atoms in total. The average molecular weight is 240 g/mol. The minimum Gasteiger partial charge on any atom is -0.302 e. The van der Waals surface area contributed by atoms with Crippen LogP contribution in [0.4, 0.5) is 5.13 Å². The lowest BCUT2D eigenvalue weighted by Crippen LogP contribution is -2.11. The number of nitrogens with zero attached hydrogens (tertiary/aromatic N) is 1. The average Bonchev–Trinajstić information content (AvgIpc) is 2.63. The van der Waals surface area contributed by atoms with E-state index in [2.05, 4.69) is 38.0 Å². The number of aromatic nitrogens is 1. The van der Waals surface area contributed by atoms with Crippen LogP contribution in [0, 0.1) is 5.92 Å². The van der Waals surface area contributed by atoms with Gasteiger partial charge < -0.3 is 5.32 Å². The van der Waals surface area contributed by atoms with Crippen molar-refractivity contribution in [2.45, 2.75) is 46.5 Å². The van der Waals surface area contributed by atoms with Crippen LogP contribution in [0.25, 0.3) is 0 Å². The molecule has 0 bridgehead atoms. The summed E-state index contributed by atoms with van der Waals surface area (Å²) in [6.45, 7) is 8.48. The first-order valence-electron chi connectivity index (χ1n) is 5.74. The van der Waals surface area contributed by atoms with Crippen LogP contribution in [0.15, 0.2) is 6.20 Å². The quantitative estimate of drug-likeness (QED) is 0.853. The summed E-state index contributed by atoms with van der Waals surface area (Å²) in [6.07, 6.45) is 3.34. The Kier molecular flexibility index (Phi) is 4.93. The monoisotopic (exact) mass is 240 g/mol. The molecule has 0 aliphatic rings. The smallest absolute Gasteiger partial charge is 0.226 e. The van der Waals surface area contributed by atoms with Gasteiger partial charge in [0.15, 0.2) is 5.13 Å². The summed E-state index contributed by atoms with van der Waals surface area (Å²) in [7, 11) is 0. The molecule has 4 heteroatoms. The molecule has 1 aromatic rings. The van der Waals surface area contributed by atoms with Crippen LogP contribution in [0.5, 0.6) is 0 Å². The third kappa shape index (κ3) is 4.31. The van der Waals surface area contributed by atoms with E-state index in [1.54, 1.807) is 11.3 Å². The van der Waals surface area contributed by atoms with Crippen molar-refractivity contribution >= 4 is 22.4 Å². The van der Waals surface area contributed by atoms with E-state index in [9.17, 15) is 4.79 Å². The standard InChI is InChI=1S/C12H20N2OS/c1-8(2)5-6-11(15)14-12-13-7-10(16-12)9(3)4/h7-9H,5-6H2,1-4H3,(H,13,14,15). The molecule has 16 heavy (non-hydrogen) atoms. The highest BCUT2D eigenvalue weighted by molar-refractivity contribution is 7.15. The molecule has 0 spiro atoms. The SMILES string of the molecule is CC(C)CCC(=O)Nc1ncc(C(C)C)s1. The Balaban J connectivity index is 2.43. The number of hydrogen-bond acceptors (Lipinski definition) is 3. The van der Waals surface area contributed by atoms with Crippen LogP contribution in [-0.4, -0.2) is 10.9 Å². The lowest BCUT2D eigenvalue weighted by atomic mass is 10.1. The van der Waals surface area contributed by atoms with Gasteiger partial charge in [-0.1, -0.05) is 27.7 Å². The molecular weight excluding hydrogens is 220 g/mol. The topological polar surface area (TPSA) is 42.0 Å². The first-order valence-corrected chi connectivity index (χ1v) is 6.56. The molecule has 1 heterocycles. The Labute approximate surface area is 101 Å². The molecule has 0 saturated heterocycles. The van der Waals surface area contributed by atoms with Crippen molar-refractivity contribution in [3.8, 4) is 0 Å². The fourth-order valence-corrected chi connectivity index (χ4v) is 2.05. The van der Waals surface area contributed by atoms with Crippen molar-refractivity contribution in [2.75, 3.05) is 5.32 Å². The van der Waals surface area contributed by atoms with E-state index in [-0.39, 0.29) is 5.91 Å². The molecule has 1 N–H and O–H groups in total. The van der Waals surface area contributed by atoms with Gasteiger partial charge in [-0.25, -0.2) is 4.98 Å².